The molecule has 2 N–H and O–H groups in total. The van der Waals surface area contributed by atoms with Crippen molar-refractivity contribution < 1.29 is 4.79 Å². The maximum absolute atomic E-state index is 13.0. The summed E-state index contributed by atoms with van der Waals surface area (Å²) in [5.41, 5.74) is 7.61. The first-order valence-electron chi connectivity index (χ1n) is 10.6. The van der Waals surface area contributed by atoms with Gasteiger partial charge < -0.3 is 10.3 Å². The predicted octanol–water partition coefficient (Wildman–Crippen LogP) is 4.71. The summed E-state index contributed by atoms with van der Waals surface area (Å²) >= 11 is 0. The van der Waals surface area contributed by atoms with Crippen molar-refractivity contribution in [1.29, 1.82) is 0 Å². The van der Waals surface area contributed by atoms with Gasteiger partial charge in [-0.25, -0.2) is 4.68 Å². The molecule has 152 valence electrons. The minimum Gasteiger partial charge on any atom is -0.356 e. The highest BCUT2D eigenvalue weighted by Gasteiger charge is 2.26. The third kappa shape index (κ3) is 3.20. The number of fused-ring (bicyclic) bond motifs is 3. The minimum absolute atomic E-state index is 0.0402. The number of benzene rings is 2. The fourth-order valence-corrected chi connectivity index (χ4v) is 4.72. The number of carbonyl (C=O) groups excluding carboxylic acids is 1. The van der Waals surface area contributed by atoms with Crippen LogP contribution in [-0.2, 0) is 17.6 Å². The summed E-state index contributed by atoms with van der Waals surface area (Å²) in [6.07, 6.45) is 3.46. The van der Waals surface area contributed by atoms with Gasteiger partial charge in [-0.3, -0.25) is 4.79 Å². The second-order valence-electron chi connectivity index (χ2n) is 8.15. The molecule has 2 aromatic heterocycles. The molecule has 2 heterocycles. The van der Waals surface area contributed by atoms with E-state index in [2.05, 4.69) is 33.6 Å². The lowest BCUT2D eigenvalue weighted by Gasteiger charge is -2.24. The summed E-state index contributed by atoms with van der Waals surface area (Å²) in [6, 6.07) is 18.5. The lowest BCUT2D eigenvalue weighted by atomic mass is 9.91. The van der Waals surface area contributed by atoms with Crippen LogP contribution in [0.3, 0.4) is 0 Å². The third-order valence-corrected chi connectivity index (χ3v) is 6.23. The van der Waals surface area contributed by atoms with Crippen LogP contribution in [0, 0.1) is 13.8 Å². The molecule has 0 saturated carbocycles. The lowest BCUT2D eigenvalue weighted by Crippen LogP contribution is -2.32. The van der Waals surface area contributed by atoms with Crippen molar-refractivity contribution in [1.82, 2.24) is 20.1 Å². The van der Waals surface area contributed by atoms with E-state index in [0.29, 0.717) is 6.42 Å². The number of hydrogen-bond donors (Lipinski definition) is 2. The molecular weight excluding hydrogens is 372 g/mol. The number of hydrogen-bond acceptors (Lipinski definition) is 2. The molecule has 1 amide bonds. The van der Waals surface area contributed by atoms with Gasteiger partial charge in [0.1, 0.15) is 0 Å². The van der Waals surface area contributed by atoms with E-state index >= 15 is 0 Å². The summed E-state index contributed by atoms with van der Waals surface area (Å²) in [5, 5.41) is 9.24. The summed E-state index contributed by atoms with van der Waals surface area (Å²) in [7, 11) is 0. The zero-order valence-corrected chi connectivity index (χ0v) is 17.4. The molecule has 0 fully saturated rings. The molecule has 0 bridgehead atoms. The Morgan fingerprint density at radius 3 is 2.73 bits per heavy atom. The molecule has 1 aliphatic carbocycles. The average Bonchev–Trinajstić information content (AvgIpc) is 3.28. The van der Waals surface area contributed by atoms with Crippen LogP contribution in [0.4, 0.5) is 0 Å². The van der Waals surface area contributed by atoms with Crippen molar-refractivity contribution >= 4 is 16.8 Å². The number of amides is 1. The molecular formula is C25H26N4O. The molecule has 0 saturated heterocycles. The van der Waals surface area contributed by atoms with Gasteiger partial charge in [0.2, 0.25) is 5.91 Å². The van der Waals surface area contributed by atoms with Gasteiger partial charge in [0.15, 0.2) is 0 Å². The summed E-state index contributed by atoms with van der Waals surface area (Å²) in [6.45, 7) is 4.01. The Hall–Kier alpha value is -3.34. The summed E-state index contributed by atoms with van der Waals surface area (Å²) < 4.78 is 1.92. The third-order valence-electron chi connectivity index (χ3n) is 6.23. The van der Waals surface area contributed by atoms with Gasteiger partial charge in [0.25, 0.3) is 0 Å². The van der Waals surface area contributed by atoms with Crippen molar-refractivity contribution in [2.45, 2.75) is 45.6 Å². The van der Waals surface area contributed by atoms with Gasteiger partial charge in [-0.15, -0.1) is 0 Å². The molecule has 4 aromatic rings. The van der Waals surface area contributed by atoms with Crippen LogP contribution in [-0.4, -0.2) is 20.7 Å². The van der Waals surface area contributed by atoms with Crippen molar-refractivity contribution in [3.63, 3.8) is 0 Å². The molecule has 0 radical (unpaired) electrons. The molecule has 1 aliphatic rings. The molecule has 5 nitrogen and oxygen atoms in total. The Kier molecular flexibility index (Phi) is 4.66. The molecule has 30 heavy (non-hydrogen) atoms. The lowest BCUT2D eigenvalue weighted by molar-refractivity contribution is -0.121. The SMILES string of the molecule is Cc1nn(-c2ccccc2)c(C)c1CC(=O)N[C@@H]1CCCc2c1[nH]c1ccccc21. The van der Waals surface area contributed by atoms with E-state index in [0.717, 1.165) is 47.4 Å². The number of rotatable bonds is 4. The van der Waals surface area contributed by atoms with E-state index in [4.69, 9.17) is 0 Å². The van der Waals surface area contributed by atoms with Crippen molar-refractivity contribution in [3.8, 4) is 5.69 Å². The first-order chi connectivity index (χ1) is 14.6. The fraction of sp³-hybridized carbons (Fsp3) is 0.280. The number of aromatic nitrogens is 3. The maximum Gasteiger partial charge on any atom is 0.225 e. The first kappa shape index (κ1) is 18.7. The topological polar surface area (TPSA) is 62.7 Å². The van der Waals surface area contributed by atoms with Crippen LogP contribution in [0.1, 0.15) is 47.1 Å². The second-order valence-corrected chi connectivity index (χ2v) is 8.15. The summed E-state index contributed by atoms with van der Waals surface area (Å²) in [4.78, 5) is 16.5. The van der Waals surface area contributed by atoms with Crippen LogP contribution in [0.15, 0.2) is 54.6 Å². The van der Waals surface area contributed by atoms with Gasteiger partial charge >= 0.3 is 0 Å². The molecule has 0 unspecified atom stereocenters. The number of carbonyl (C=O) groups is 1. The van der Waals surface area contributed by atoms with E-state index in [-0.39, 0.29) is 11.9 Å². The highest BCUT2D eigenvalue weighted by atomic mass is 16.1. The van der Waals surface area contributed by atoms with E-state index in [9.17, 15) is 4.79 Å². The normalized spacial score (nSPS) is 15.9. The monoisotopic (exact) mass is 398 g/mol. The van der Waals surface area contributed by atoms with Gasteiger partial charge in [-0.05, 0) is 56.9 Å². The van der Waals surface area contributed by atoms with Crippen LogP contribution < -0.4 is 5.32 Å². The molecule has 2 aromatic carbocycles. The van der Waals surface area contributed by atoms with Crippen molar-refractivity contribution in [2.75, 3.05) is 0 Å². The molecule has 5 heteroatoms. The quantitative estimate of drug-likeness (QED) is 0.523. The van der Waals surface area contributed by atoms with Crippen molar-refractivity contribution in [3.05, 3.63) is 82.8 Å². The number of para-hydroxylation sites is 2. The Morgan fingerprint density at radius 1 is 1.13 bits per heavy atom. The van der Waals surface area contributed by atoms with E-state index in [1.807, 2.05) is 54.9 Å². The fourth-order valence-electron chi connectivity index (χ4n) is 4.72. The Labute approximate surface area is 176 Å². The smallest absolute Gasteiger partial charge is 0.225 e. The van der Waals surface area contributed by atoms with Crippen molar-refractivity contribution in [2.24, 2.45) is 0 Å². The summed E-state index contributed by atoms with van der Waals surface area (Å²) in [5.74, 6) is 0.0466. The van der Waals surface area contributed by atoms with Crippen LogP contribution in [0.5, 0.6) is 0 Å². The minimum atomic E-state index is 0.0402. The van der Waals surface area contributed by atoms with E-state index in [1.165, 1.54) is 16.6 Å². The molecule has 5 rings (SSSR count). The number of nitrogens with zero attached hydrogens (tertiary/aromatic N) is 2. The Bertz CT molecular complexity index is 1220. The second kappa shape index (κ2) is 7.48. The van der Waals surface area contributed by atoms with Gasteiger partial charge in [-0.2, -0.15) is 5.10 Å². The average molecular weight is 399 g/mol. The number of aryl methyl sites for hydroxylation is 2. The van der Waals surface area contributed by atoms with Crippen LogP contribution in [0.2, 0.25) is 0 Å². The maximum atomic E-state index is 13.0. The highest BCUT2D eigenvalue weighted by molar-refractivity contribution is 5.86. The van der Waals surface area contributed by atoms with Crippen LogP contribution >= 0.6 is 0 Å². The Balaban J connectivity index is 1.37. The number of aromatic amines is 1. The highest BCUT2D eigenvalue weighted by Crippen LogP contribution is 2.34. The van der Waals surface area contributed by atoms with Gasteiger partial charge in [0.05, 0.1) is 23.8 Å². The number of nitrogens with one attached hydrogen (secondary N) is 2. The number of H-pyrrole nitrogens is 1. The van der Waals surface area contributed by atoms with E-state index in [1.54, 1.807) is 0 Å². The van der Waals surface area contributed by atoms with Crippen LogP contribution in [0.25, 0.3) is 16.6 Å². The van der Waals surface area contributed by atoms with Gasteiger partial charge in [0, 0.05) is 27.9 Å². The largest absolute Gasteiger partial charge is 0.356 e. The molecule has 0 aliphatic heterocycles. The van der Waals surface area contributed by atoms with Gasteiger partial charge in [-0.1, -0.05) is 36.4 Å². The standard InChI is InChI=1S/C25H26N4O/c1-16-21(17(2)29(28-16)18-9-4-3-5-10-18)15-24(30)26-23-14-8-12-20-19-11-6-7-13-22(19)27-25(20)23/h3-7,9-11,13,23,27H,8,12,14-15H2,1-2H3,(H,26,30)/t23-/m1/s1. The zero-order valence-electron chi connectivity index (χ0n) is 17.4. The Morgan fingerprint density at radius 2 is 1.90 bits per heavy atom. The van der Waals surface area contributed by atoms with E-state index < -0.39 is 0 Å². The molecule has 1 atom stereocenters. The predicted molar refractivity (Wildman–Crippen MR) is 119 cm³/mol. The first-order valence-corrected chi connectivity index (χ1v) is 10.6. The zero-order chi connectivity index (χ0) is 20.7. The molecule has 0 spiro atoms.